The molecular formula is C27H35F6N3O4S. The molecule has 0 radical (unpaired) electrons. The molecule has 1 aromatic heterocycles. The Morgan fingerprint density at radius 2 is 1.83 bits per heavy atom. The van der Waals surface area contributed by atoms with Crippen LogP contribution in [0.1, 0.15) is 75.3 Å². The van der Waals surface area contributed by atoms with Crippen LogP contribution in [0.15, 0.2) is 18.2 Å². The highest BCUT2D eigenvalue weighted by atomic mass is 32.2. The first-order valence-corrected chi connectivity index (χ1v) is 15.1. The minimum Gasteiger partial charge on any atom is -0.433 e. The number of sulfone groups is 1. The molecule has 1 heterocycles. The monoisotopic (exact) mass is 611 g/mol. The minimum absolute atomic E-state index is 0.00927. The fourth-order valence-electron chi connectivity index (χ4n) is 5.00. The summed E-state index contributed by atoms with van der Waals surface area (Å²) >= 11 is 0. The van der Waals surface area contributed by atoms with E-state index in [-0.39, 0.29) is 30.0 Å². The molecule has 0 bridgehead atoms. The molecule has 14 heteroatoms. The molecule has 1 aromatic carbocycles. The maximum Gasteiger partial charge on any atom is 0.394 e. The van der Waals surface area contributed by atoms with Gasteiger partial charge < -0.3 is 10.1 Å². The zero-order valence-corrected chi connectivity index (χ0v) is 24.4. The summed E-state index contributed by atoms with van der Waals surface area (Å²) in [6.07, 6.45) is -1.86. The van der Waals surface area contributed by atoms with Crippen LogP contribution in [0, 0.1) is 16.8 Å². The number of ether oxygens (including phenoxy) is 1. The molecule has 0 aliphatic heterocycles. The Kier molecular flexibility index (Phi) is 9.46. The summed E-state index contributed by atoms with van der Waals surface area (Å²) < 4.78 is 112. The lowest BCUT2D eigenvalue weighted by atomic mass is 9.75. The molecule has 7 nitrogen and oxygen atoms in total. The molecule has 3 rings (SSSR count). The van der Waals surface area contributed by atoms with Gasteiger partial charge in [0.1, 0.15) is 15.7 Å². The Hall–Kier alpha value is -2.77. The second-order valence-electron chi connectivity index (χ2n) is 11.6. The van der Waals surface area contributed by atoms with Crippen LogP contribution in [-0.2, 0) is 22.7 Å². The standard InChI is InChI=1S/C27H35F6N3O4S/c1-6-20-35-21(23(37)34-15-26(4)11-9-17(10-12-26)41(5,38)39)22(28)36(20)18-8-7-16(13-19(18)40-24(29)30)14-25(2,3)27(31,32)33/h7-8,13,17,24H,6,9-12,14-15H2,1-5H3,(H,34,37)/t17-,26-. The SMILES string of the molecule is CCc1nc(C(=O)NC[C@]2(C)CC[C@@H](S(C)(=O)=O)CC2)c(F)n1-c1ccc(CC(C)(C)C(F)(F)F)cc1OC(F)F. The smallest absolute Gasteiger partial charge is 0.394 e. The number of hydrogen-bond acceptors (Lipinski definition) is 5. The van der Waals surface area contributed by atoms with Crippen molar-refractivity contribution in [2.45, 2.75) is 84.3 Å². The van der Waals surface area contributed by atoms with E-state index in [1.165, 1.54) is 12.3 Å². The molecule has 41 heavy (non-hydrogen) atoms. The van der Waals surface area contributed by atoms with Crippen molar-refractivity contribution in [2.75, 3.05) is 12.8 Å². The van der Waals surface area contributed by atoms with Gasteiger partial charge in [0, 0.05) is 19.2 Å². The first-order chi connectivity index (χ1) is 18.8. The van der Waals surface area contributed by atoms with E-state index >= 15 is 4.39 Å². The minimum atomic E-state index is -4.56. The fraction of sp³-hybridized carbons (Fsp3) is 0.630. The Bertz CT molecular complexity index is 1360. The Labute approximate surface area is 235 Å². The molecule has 2 aromatic rings. The van der Waals surface area contributed by atoms with E-state index in [0.29, 0.717) is 25.7 Å². The number of aromatic nitrogens is 2. The van der Waals surface area contributed by atoms with Crippen molar-refractivity contribution in [1.82, 2.24) is 14.9 Å². The van der Waals surface area contributed by atoms with E-state index < -0.39 is 68.4 Å². The number of halogens is 6. The lowest BCUT2D eigenvalue weighted by molar-refractivity contribution is -0.211. The van der Waals surface area contributed by atoms with Gasteiger partial charge in [0.2, 0.25) is 5.95 Å². The van der Waals surface area contributed by atoms with Crippen molar-refractivity contribution in [2.24, 2.45) is 10.8 Å². The number of alkyl halides is 5. The average molecular weight is 612 g/mol. The molecule has 230 valence electrons. The quantitative estimate of drug-likeness (QED) is 0.332. The Balaban J connectivity index is 1.89. The predicted molar refractivity (Wildman–Crippen MR) is 141 cm³/mol. The highest BCUT2D eigenvalue weighted by Gasteiger charge is 2.47. The Morgan fingerprint density at radius 3 is 2.34 bits per heavy atom. The van der Waals surface area contributed by atoms with E-state index in [9.17, 15) is 35.2 Å². The fourth-order valence-corrected chi connectivity index (χ4v) is 6.09. The molecule has 0 unspecified atom stereocenters. The molecule has 0 spiro atoms. The third-order valence-electron chi connectivity index (χ3n) is 7.74. The molecule has 0 saturated heterocycles. The van der Waals surface area contributed by atoms with Crippen LogP contribution in [0.2, 0.25) is 0 Å². The third kappa shape index (κ3) is 7.55. The lowest BCUT2D eigenvalue weighted by Crippen LogP contribution is -2.40. The van der Waals surface area contributed by atoms with Gasteiger partial charge >= 0.3 is 12.8 Å². The van der Waals surface area contributed by atoms with Crippen LogP contribution >= 0.6 is 0 Å². The van der Waals surface area contributed by atoms with Crippen LogP contribution < -0.4 is 10.1 Å². The number of nitrogens with zero attached hydrogens (tertiary/aromatic N) is 2. The second kappa shape index (κ2) is 11.8. The number of aryl methyl sites for hydroxylation is 1. The number of nitrogens with one attached hydrogen (secondary N) is 1. The number of rotatable bonds is 10. The third-order valence-corrected chi connectivity index (χ3v) is 9.42. The van der Waals surface area contributed by atoms with Gasteiger partial charge in [0.25, 0.3) is 5.91 Å². The normalized spacial score (nSPS) is 20.3. The molecular weight excluding hydrogens is 576 g/mol. The van der Waals surface area contributed by atoms with Gasteiger partial charge in [-0.05, 0) is 55.2 Å². The molecule has 1 aliphatic carbocycles. The summed E-state index contributed by atoms with van der Waals surface area (Å²) in [4.78, 5) is 17.0. The summed E-state index contributed by atoms with van der Waals surface area (Å²) in [7, 11) is -3.17. The molecule has 1 N–H and O–H groups in total. The molecule has 0 atom stereocenters. The summed E-state index contributed by atoms with van der Waals surface area (Å²) in [5.41, 5.74) is -3.37. The number of amides is 1. The van der Waals surface area contributed by atoms with Gasteiger partial charge in [0.15, 0.2) is 11.4 Å². The Morgan fingerprint density at radius 1 is 1.22 bits per heavy atom. The summed E-state index contributed by atoms with van der Waals surface area (Å²) in [6.45, 7) is 2.24. The maximum atomic E-state index is 15.7. The summed E-state index contributed by atoms with van der Waals surface area (Å²) in [5, 5.41) is 2.21. The number of carbonyl (C=O) groups excluding carboxylic acids is 1. The largest absolute Gasteiger partial charge is 0.433 e. The van der Waals surface area contributed by atoms with Gasteiger partial charge in [-0.15, -0.1) is 0 Å². The van der Waals surface area contributed by atoms with Crippen molar-refractivity contribution in [3.63, 3.8) is 0 Å². The number of carbonyl (C=O) groups is 1. The summed E-state index contributed by atoms with van der Waals surface area (Å²) in [6, 6.07) is 3.42. The van der Waals surface area contributed by atoms with Gasteiger partial charge in [-0.2, -0.15) is 26.3 Å². The number of imidazole rings is 1. The van der Waals surface area contributed by atoms with E-state index in [1.54, 1.807) is 6.92 Å². The summed E-state index contributed by atoms with van der Waals surface area (Å²) in [5.74, 6) is -2.55. The first-order valence-electron chi connectivity index (χ1n) is 13.2. The zero-order valence-electron chi connectivity index (χ0n) is 23.5. The van der Waals surface area contributed by atoms with Gasteiger partial charge in [0.05, 0.1) is 16.4 Å². The van der Waals surface area contributed by atoms with Crippen LogP contribution in [0.3, 0.4) is 0 Å². The van der Waals surface area contributed by atoms with Gasteiger partial charge in [-0.1, -0.05) is 33.8 Å². The molecule has 1 aliphatic rings. The first kappa shape index (κ1) is 32.7. The van der Waals surface area contributed by atoms with Crippen molar-refractivity contribution in [3.8, 4) is 11.4 Å². The highest BCUT2D eigenvalue weighted by Crippen LogP contribution is 2.41. The van der Waals surface area contributed by atoms with Crippen LogP contribution in [-0.4, -0.2) is 54.7 Å². The van der Waals surface area contributed by atoms with Crippen LogP contribution in [0.25, 0.3) is 5.69 Å². The lowest BCUT2D eigenvalue weighted by Gasteiger charge is -2.36. The number of benzene rings is 1. The topological polar surface area (TPSA) is 90.3 Å². The van der Waals surface area contributed by atoms with Crippen molar-refractivity contribution in [3.05, 3.63) is 41.2 Å². The molecule has 1 fully saturated rings. The number of hydrogen-bond donors (Lipinski definition) is 1. The van der Waals surface area contributed by atoms with Crippen LogP contribution in [0.4, 0.5) is 26.3 Å². The molecule has 1 saturated carbocycles. The zero-order chi connectivity index (χ0) is 31.0. The predicted octanol–water partition coefficient (Wildman–Crippen LogP) is 6.03. The van der Waals surface area contributed by atoms with E-state index in [1.807, 2.05) is 6.92 Å². The van der Waals surface area contributed by atoms with E-state index in [2.05, 4.69) is 15.0 Å². The van der Waals surface area contributed by atoms with E-state index in [4.69, 9.17) is 0 Å². The van der Waals surface area contributed by atoms with E-state index in [0.717, 1.165) is 30.5 Å². The maximum absolute atomic E-state index is 15.7. The average Bonchev–Trinajstić information content (AvgIpc) is 3.17. The van der Waals surface area contributed by atoms with Crippen molar-refractivity contribution in [1.29, 1.82) is 0 Å². The highest BCUT2D eigenvalue weighted by molar-refractivity contribution is 7.91. The van der Waals surface area contributed by atoms with Gasteiger partial charge in [-0.25, -0.2) is 13.4 Å². The molecule has 1 amide bonds. The second-order valence-corrected chi connectivity index (χ2v) is 13.9. The van der Waals surface area contributed by atoms with Crippen molar-refractivity contribution >= 4 is 15.7 Å². The van der Waals surface area contributed by atoms with Gasteiger partial charge in [-0.3, -0.25) is 9.36 Å². The van der Waals surface area contributed by atoms with Crippen molar-refractivity contribution < 1.29 is 44.3 Å². The van der Waals surface area contributed by atoms with Crippen LogP contribution in [0.5, 0.6) is 5.75 Å².